The van der Waals surface area contributed by atoms with Gasteiger partial charge in [0.25, 0.3) is 0 Å². The van der Waals surface area contributed by atoms with E-state index < -0.39 is 6.04 Å². The number of halogens is 1. The fourth-order valence-electron chi connectivity index (χ4n) is 3.32. The summed E-state index contributed by atoms with van der Waals surface area (Å²) in [4.78, 5) is 29.0. The minimum absolute atomic E-state index is 0.0221. The third-order valence-electron chi connectivity index (χ3n) is 5.16. The molecule has 2 aromatic rings. The zero-order chi connectivity index (χ0) is 23.5. The van der Waals surface area contributed by atoms with E-state index in [2.05, 4.69) is 19.2 Å². The van der Waals surface area contributed by atoms with Crippen molar-refractivity contribution in [3.05, 3.63) is 64.7 Å². The van der Waals surface area contributed by atoms with Crippen LogP contribution in [0.4, 0.5) is 0 Å². The van der Waals surface area contributed by atoms with E-state index in [1.165, 1.54) is 5.56 Å². The van der Waals surface area contributed by atoms with Crippen molar-refractivity contribution < 1.29 is 9.59 Å². The van der Waals surface area contributed by atoms with Crippen molar-refractivity contribution in [3.63, 3.8) is 0 Å². The van der Waals surface area contributed by atoms with Crippen LogP contribution in [0.15, 0.2) is 53.4 Å². The normalized spacial score (nSPS) is 11.9. The number of benzene rings is 2. The molecule has 32 heavy (non-hydrogen) atoms. The lowest BCUT2D eigenvalue weighted by Gasteiger charge is -2.31. The molecule has 174 valence electrons. The summed E-state index contributed by atoms with van der Waals surface area (Å²) in [6, 6.07) is 15.4. The monoisotopic (exact) mass is 474 g/mol. The Morgan fingerprint density at radius 3 is 2.31 bits per heavy atom. The van der Waals surface area contributed by atoms with Gasteiger partial charge in [-0.1, -0.05) is 62.2 Å². The average Bonchev–Trinajstić information content (AvgIpc) is 2.77. The van der Waals surface area contributed by atoms with Gasteiger partial charge in [-0.15, -0.1) is 11.8 Å². The highest BCUT2D eigenvalue weighted by atomic mass is 35.5. The Morgan fingerprint density at radius 2 is 1.72 bits per heavy atom. The summed E-state index contributed by atoms with van der Waals surface area (Å²) >= 11 is 7.65. The summed E-state index contributed by atoms with van der Waals surface area (Å²) in [6.07, 6.45) is 1.75. The molecule has 6 heteroatoms. The molecule has 1 N–H and O–H groups in total. The van der Waals surface area contributed by atoms with Crippen LogP contribution < -0.4 is 5.32 Å². The summed E-state index contributed by atoms with van der Waals surface area (Å²) in [6.45, 7) is 9.19. The highest BCUT2D eigenvalue weighted by Crippen LogP contribution is 2.22. The number of hydrogen-bond donors (Lipinski definition) is 1. The van der Waals surface area contributed by atoms with Crippen LogP contribution in [0.1, 0.15) is 51.2 Å². The molecular formula is C26H35ClN2O2S. The zero-order valence-corrected chi connectivity index (χ0v) is 21.1. The third kappa shape index (κ3) is 8.87. The molecule has 0 aliphatic carbocycles. The molecule has 0 fully saturated rings. The molecule has 2 aromatic carbocycles. The number of nitrogens with one attached hydrogen (secondary N) is 1. The lowest BCUT2D eigenvalue weighted by atomic mass is 10.1. The van der Waals surface area contributed by atoms with Crippen molar-refractivity contribution in [1.82, 2.24) is 10.2 Å². The van der Waals surface area contributed by atoms with Crippen LogP contribution in [-0.4, -0.2) is 35.1 Å². The summed E-state index contributed by atoms with van der Waals surface area (Å²) < 4.78 is 0. The molecule has 4 nitrogen and oxygen atoms in total. The molecule has 0 heterocycles. The van der Waals surface area contributed by atoms with Gasteiger partial charge in [-0.05, 0) is 61.3 Å². The molecule has 0 aromatic heterocycles. The second-order valence-corrected chi connectivity index (χ2v) is 10.1. The van der Waals surface area contributed by atoms with E-state index in [1.807, 2.05) is 62.4 Å². The van der Waals surface area contributed by atoms with Gasteiger partial charge in [0.15, 0.2) is 0 Å². The van der Waals surface area contributed by atoms with Crippen LogP contribution in [0, 0.1) is 12.8 Å². The second-order valence-electron chi connectivity index (χ2n) is 8.48. The molecular weight excluding hydrogens is 440 g/mol. The predicted molar refractivity (Wildman–Crippen MR) is 135 cm³/mol. The molecule has 0 saturated heterocycles. The summed E-state index contributed by atoms with van der Waals surface area (Å²) in [7, 11) is 0. The largest absolute Gasteiger partial charge is 0.354 e. The van der Waals surface area contributed by atoms with Gasteiger partial charge in [-0.25, -0.2) is 0 Å². The third-order valence-corrected chi connectivity index (χ3v) is 6.51. The Kier molecular flexibility index (Phi) is 11.1. The van der Waals surface area contributed by atoms with Crippen molar-refractivity contribution in [2.75, 3.05) is 12.3 Å². The Bertz CT molecular complexity index is 853. The Labute approximate surface area is 202 Å². The number of hydrogen-bond acceptors (Lipinski definition) is 3. The number of thioether (sulfide) groups is 1. The van der Waals surface area contributed by atoms with Crippen molar-refractivity contribution in [2.24, 2.45) is 5.92 Å². The molecule has 1 atom stereocenters. The maximum Gasteiger partial charge on any atom is 0.242 e. The molecule has 0 bridgehead atoms. The van der Waals surface area contributed by atoms with Gasteiger partial charge in [-0.3, -0.25) is 9.59 Å². The fourth-order valence-corrected chi connectivity index (χ4v) is 4.30. The first-order valence-electron chi connectivity index (χ1n) is 11.3. The minimum atomic E-state index is -0.466. The van der Waals surface area contributed by atoms with Crippen molar-refractivity contribution in [1.29, 1.82) is 0 Å². The summed E-state index contributed by atoms with van der Waals surface area (Å²) in [5, 5.41) is 3.73. The van der Waals surface area contributed by atoms with Gasteiger partial charge in [0.2, 0.25) is 11.8 Å². The minimum Gasteiger partial charge on any atom is -0.354 e. The number of amides is 2. The van der Waals surface area contributed by atoms with E-state index in [-0.39, 0.29) is 11.8 Å². The lowest BCUT2D eigenvalue weighted by Crippen LogP contribution is -2.49. The number of carbonyl (C=O) groups is 2. The molecule has 0 radical (unpaired) electrons. The predicted octanol–water partition coefficient (Wildman–Crippen LogP) is 6.10. The smallest absolute Gasteiger partial charge is 0.242 e. The van der Waals surface area contributed by atoms with Gasteiger partial charge >= 0.3 is 0 Å². The SMILES string of the molecule is CC[C@H](C(=O)NCC(C)C)N(Cc1ccc(C)cc1)C(=O)CCCSc1ccc(Cl)cc1. The maximum atomic E-state index is 13.2. The van der Waals surface area contributed by atoms with Crippen LogP contribution >= 0.6 is 23.4 Å². The van der Waals surface area contributed by atoms with E-state index in [1.54, 1.807) is 16.7 Å². The molecule has 0 spiro atoms. The molecule has 0 unspecified atom stereocenters. The first-order chi connectivity index (χ1) is 15.3. The number of aryl methyl sites for hydroxylation is 1. The Morgan fingerprint density at radius 1 is 1.06 bits per heavy atom. The van der Waals surface area contributed by atoms with Crippen LogP contribution in [0.25, 0.3) is 0 Å². The van der Waals surface area contributed by atoms with Crippen LogP contribution in [0.5, 0.6) is 0 Å². The van der Waals surface area contributed by atoms with Crippen LogP contribution in [-0.2, 0) is 16.1 Å². The standard InChI is InChI=1S/C26H35ClN2O2S/c1-5-24(26(31)28-17-19(2)3)29(18-21-10-8-20(4)9-11-21)25(30)7-6-16-32-23-14-12-22(27)13-15-23/h8-15,19,24H,5-7,16-18H2,1-4H3,(H,28,31)/t24-/m1/s1. The van der Waals surface area contributed by atoms with E-state index in [9.17, 15) is 9.59 Å². The Hall–Kier alpha value is -1.98. The van der Waals surface area contributed by atoms with Crippen LogP contribution in [0.3, 0.4) is 0 Å². The van der Waals surface area contributed by atoms with E-state index >= 15 is 0 Å². The maximum absolute atomic E-state index is 13.2. The number of nitrogens with zero attached hydrogens (tertiary/aromatic N) is 1. The Balaban J connectivity index is 2.03. The van der Waals surface area contributed by atoms with Gasteiger partial charge in [0, 0.05) is 29.4 Å². The molecule has 0 aliphatic rings. The average molecular weight is 475 g/mol. The molecule has 0 saturated carbocycles. The quantitative estimate of drug-likeness (QED) is 0.298. The van der Waals surface area contributed by atoms with E-state index in [4.69, 9.17) is 11.6 Å². The number of rotatable bonds is 12. The topological polar surface area (TPSA) is 49.4 Å². The van der Waals surface area contributed by atoms with Crippen molar-refractivity contribution in [3.8, 4) is 0 Å². The summed E-state index contributed by atoms with van der Waals surface area (Å²) in [5.41, 5.74) is 2.21. The molecule has 2 amide bonds. The highest BCUT2D eigenvalue weighted by Gasteiger charge is 2.28. The lowest BCUT2D eigenvalue weighted by molar-refractivity contribution is -0.141. The van der Waals surface area contributed by atoms with Gasteiger partial charge in [0.1, 0.15) is 6.04 Å². The van der Waals surface area contributed by atoms with Gasteiger partial charge < -0.3 is 10.2 Å². The summed E-state index contributed by atoms with van der Waals surface area (Å²) in [5.74, 6) is 1.15. The first kappa shape index (κ1) is 26.3. The fraction of sp³-hybridized carbons (Fsp3) is 0.462. The van der Waals surface area contributed by atoms with Crippen molar-refractivity contribution in [2.45, 2.75) is 64.4 Å². The van der Waals surface area contributed by atoms with E-state index in [0.29, 0.717) is 31.8 Å². The zero-order valence-electron chi connectivity index (χ0n) is 19.6. The van der Waals surface area contributed by atoms with E-state index in [0.717, 1.165) is 27.7 Å². The first-order valence-corrected chi connectivity index (χ1v) is 12.7. The highest BCUT2D eigenvalue weighted by molar-refractivity contribution is 7.99. The molecule has 2 rings (SSSR count). The van der Waals surface area contributed by atoms with Crippen LogP contribution in [0.2, 0.25) is 5.02 Å². The van der Waals surface area contributed by atoms with Gasteiger partial charge in [-0.2, -0.15) is 0 Å². The van der Waals surface area contributed by atoms with Crippen molar-refractivity contribution >= 4 is 35.2 Å². The number of carbonyl (C=O) groups excluding carboxylic acids is 2. The van der Waals surface area contributed by atoms with Gasteiger partial charge in [0.05, 0.1) is 0 Å². The second kappa shape index (κ2) is 13.5. The molecule has 0 aliphatic heterocycles.